The quantitative estimate of drug-likeness (QED) is 0.578. The molecule has 0 spiro atoms. The number of carbonyl (C=O) groups is 2. The summed E-state index contributed by atoms with van der Waals surface area (Å²) in [6, 6.07) is 0. The number of ether oxygens (including phenoxy) is 2. The fourth-order valence-electron chi connectivity index (χ4n) is 2.95. The predicted octanol–water partition coefficient (Wildman–Crippen LogP) is 2.85. The standard InChI is InChI=1S/C13H19F3O4/c1-19-10(17)12(11(18)20-2,7-8-13(14,15)16)9-5-3-4-6-9/h9H,3-8H2,1-2H3. The molecule has 0 bridgehead atoms. The van der Waals surface area contributed by atoms with Crippen LogP contribution in [0.1, 0.15) is 38.5 Å². The molecule has 0 unspecified atom stereocenters. The number of halogens is 3. The lowest BCUT2D eigenvalue weighted by molar-refractivity contribution is -0.180. The second-order valence-corrected chi connectivity index (χ2v) is 5.05. The van der Waals surface area contributed by atoms with Crippen molar-refractivity contribution in [2.75, 3.05) is 14.2 Å². The molecule has 7 heteroatoms. The van der Waals surface area contributed by atoms with Crippen LogP contribution in [0, 0.1) is 11.3 Å². The summed E-state index contributed by atoms with van der Waals surface area (Å²) in [5.74, 6) is -2.31. The van der Waals surface area contributed by atoms with E-state index < -0.39 is 42.3 Å². The van der Waals surface area contributed by atoms with Crippen molar-refractivity contribution in [3.8, 4) is 0 Å². The molecule has 0 aromatic carbocycles. The smallest absolute Gasteiger partial charge is 0.389 e. The second kappa shape index (κ2) is 6.45. The Morgan fingerprint density at radius 1 is 1.00 bits per heavy atom. The highest BCUT2D eigenvalue weighted by molar-refractivity contribution is 6.00. The van der Waals surface area contributed by atoms with Crippen LogP contribution >= 0.6 is 0 Å². The van der Waals surface area contributed by atoms with Crippen molar-refractivity contribution < 1.29 is 32.2 Å². The third-order valence-corrected chi connectivity index (χ3v) is 3.95. The van der Waals surface area contributed by atoms with Crippen LogP contribution in [0.5, 0.6) is 0 Å². The van der Waals surface area contributed by atoms with E-state index in [0.717, 1.165) is 27.1 Å². The van der Waals surface area contributed by atoms with E-state index >= 15 is 0 Å². The van der Waals surface area contributed by atoms with E-state index in [2.05, 4.69) is 9.47 Å². The number of carbonyl (C=O) groups excluding carboxylic acids is 2. The van der Waals surface area contributed by atoms with Gasteiger partial charge in [0.25, 0.3) is 0 Å². The highest BCUT2D eigenvalue weighted by Crippen LogP contribution is 2.46. The van der Waals surface area contributed by atoms with Gasteiger partial charge in [-0.05, 0) is 25.2 Å². The first-order valence-corrected chi connectivity index (χ1v) is 6.51. The van der Waals surface area contributed by atoms with Gasteiger partial charge >= 0.3 is 18.1 Å². The molecule has 4 nitrogen and oxygen atoms in total. The Morgan fingerprint density at radius 3 is 1.80 bits per heavy atom. The number of esters is 2. The first kappa shape index (κ1) is 16.8. The average molecular weight is 296 g/mol. The summed E-state index contributed by atoms with van der Waals surface area (Å²) in [7, 11) is 2.14. The number of hydrogen-bond acceptors (Lipinski definition) is 4. The molecule has 1 aliphatic carbocycles. The number of hydrogen-bond donors (Lipinski definition) is 0. The maximum Gasteiger partial charge on any atom is 0.389 e. The Balaban J connectivity index is 3.11. The third-order valence-electron chi connectivity index (χ3n) is 3.95. The molecule has 0 atom stereocenters. The van der Waals surface area contributed by atoms with E-state index in [1.165, 1.54) is 0 Å². The van der Waals surface area contributed by atoms with Gasteiger partial charge in [-0.15, -0.1) is 0 Å². The van der Waals surface area contributed by atoms with Gasteiger partial charge in [-0.2, -0.15) is 13.2 Å². The molecule has 0 heterocycles. The Labute approximate surface area is 115 Å². The van der Waals surface area contributed by atoms with Gasteiger partial charge in [0.2, 0.25) is 0 Å². The van der Waals surface area contributed by atoms with Gasteiger partial charge in [0.05, 0.1) is 14.2 Å². The van der Waals surface area contributed by atoms with Crippen molar-refractivity contribution in [2.45, 2.75) is 44.7 Å². The molecule has 0 radical (unpaired) electrons. The second-order valence-electron chi connectivity index (χ2n) is 5.05. The van der Waals surface area contributed by atoms with E-state index in [1.807, 2.05) is 0 Å². The molecular weight excluding hydrogens is 277 g/mol. The van der Waals surface area contributed by atoms with Gasteiger partial charge in [0.15, 0.2) is 5.41 Å². The zero-order valence-electron chi connectivity index (χ0n) is 11.6. The minimum Gasteiger partial charge on any atom is -0.468 e. The van der Waals surface area contributed by atoms with Crippen LogP contribution in [-0.2, 0) is 19.1 Å². The van der Waals surface area contributed by atoms with Crippen molar-refractivity contribution in [1.82, 2.24) is 0 Å². The zero-order valence-corrected chi connectivity index (χ0v) is 11.6. The van der Waals surface area contributed by atoms with E-state index in [9.17, 15) is 22.8 Å². The lowest BCUT2D eigenvalue weighted by Gasteiger charge is -2.33. The maximum absolute atomic E-state index is 12.5. The molecule has 0 amide bonds. The lowest BCUT2D eigenvalue weighted by atomic mass is 9.71. The molecule has 0 aromatic heterocycles. The first-order valence-electron chi connectivity index (χ1n) is 6.51. The minimum atomic E-state index is -4.44. The molecular formula is C13H19F3O4. The molecule has 0 aromatic rings. The monoisotopic (exact) mass is 296 g/mol. The lowest BCUT2D eigenvalue weighted by Crippen LogP contribution is -2.47. The molecule has 116 valence electrons. The largest absolute Gasteiger partial charge is 0.468 e. The average Bonchev–Trinajstić information content (AvgIpc) is 2.91. The van der Waals surface area contributed by atoms with E-state index in [4.69, 9.17) is 0 Å². The number of alkyl halides is 3. The first-order chi connectivity index (χ1) is 9.28. The van der Waals surface area contributed by atoms with Crippen molar-refractivity contribution in [2.24, 2.45) is 11.3 Å². The van der Waals surface area contributed by atoms with Gasteiger partial charge < -0.3 is 9.47 Å². The molecule has 0 saturated heterocycles. The summed E-state index contributed by atoms with van der Waals surface area (Å²) in [5.41, 5.74) is -1.84. The van der Waals surface area contributed by atoms with Crippen molar-refractivity contribution in [3.63, 3.8) is 0 Å². The van der Waals surface area contributed by atoms with Crippen LogP contribution < -0.4 is 0 Å². The highest BCUT2D eigenvalue weighted by atomic mass is 19.4. The number of rotatable bonds is 5. The fraction of sp³-hybridized carbons (Fsp3) is 0.846. The summed E-state index contributed by atoms with van der Waals surface area (Å²) < 4.78 is 46.7. The van der Waals surface area contributed by atoms with Crippen LogP contribution in [0.15, 0.2) is 0 Å². The molecule has 1 saturated carbocycles. The summed E-state index contributed by atoms with van der Waals surface area (Å²) in [6.07, 6.45) is -3.65. The molecule has 1 rings (SSSR count). The van der Waals surface area contributed by atoms with Crippen LogP contribution in [0.25, 0.3) is 0 Å². The number of methoxy groups -OCH3 is 2. The van der Waals surface area contributed by atoms with Gasteiger partial charge in [0, 0.05) is 6.42 Å². The van der Waals surface area contributed by atoms with E-state index in [1.54, 1.807) is 0 Å². The van der Waals surface area contributed by atoms with Gasteiger partial charge in [-0.3, -0.25) is 9.59 Å². The Morgan fingerprint density at radius 2 is 1.45 bits per heavy atom. The van der Waals surface area contributed by atoms with E-state index in [-0.39, 0.29) is 0 Å². The van der Waals surface area contributed by atoms with Gasteiger partial charge in [-0.1, -0.05) is 12.8 Å². The predicted molar refractivity (Wildman–Crippen MR) is 63.7 cm³/mol. The summed E-state index contributed by atoms with van der Waals surface area (Å²) in [5, 5.41) is 0. The summed E-state index contributed by atoms with van der Waals surface area (Å²) in [6.45, 7) is 0. The van der Waals surface area contributed by atoms with Crippen molar-refractivity contribution >= 4 is 11.9 Å². The van der Waals surface area contributed by atoms with Crippen LogP contribution in [0.4, 0.5) is 13.2 Å². The van der Waals surface area contributed by atoms with Crippen molar-refractivity contribution in [3.05, 3.63) is 0 Å². The third kappa shape index (κ3) is 3.43. The molecule has 0 aliphatic heterocycles. The summed E-state index contributed by atoms with van der Waals surface area (Å²) in [4.78, 5) is 24.1. The zero-order chi connectivity index (χ0) is 15.4. The highest BCUT2D eigenvalue weighted by Gasteiger charge is 2.55. The Bertz CT molecular complexity index is 343. The molecule has 1 fully saturated rings. The fourth-order valence-corrected chi connectivity index (χ4v) is 2.95. The van der Waals surface area contributed by atoms with Gasteiger partial charge in [-0.25, -0.2) is 0 Å². The molecule has 20 heavy (non-hydrogen) atoms. The normalized spacial score (nSPS) is 17.1. The Hall–Kier alpha value is -1.27. The SMILES string of the molecule is COC(=O)C(CCC(F)(F)F)(C(=O)OC)C1CCCC1. The molecule has 0 N–H and O–H groups in total. The van der Waals surface area contributed by atoms with Gasteiger partial charge in [0.1, 0.15) is 0 Å². The van der Waals surface area contributed by atoms with Crippen LogP contribution in [0.2, 0.25) is 0 Å². The maximum atomic E-state index is 12.5. The summed E-state index contributed by atoms with van der Waals surface area (Å²) >= 11 is 0. The topological polar surface area (TPSA) is 52.6 Å². The minimum absolute atomic E-state index is 0.454. The van der Waals surface area contributed by atoms with Crippen molar-refractivity contribution in [1.29, 1.82) is 0 Å². The Kier molecular flexibility index (Phi) is 5.42. The van der Waals surface area contributed by atoms with Crippen LogP contribution in [0.3, 0.4) is 0 Å². The van der Waals surface area contributed by atoms with Crippen LogP contribution in [-0.4, -0.2) is 32.3 Å². The van der Waals surface area contributed by atoms with E-state index in [0.29, 0.717) is 12.8 Å². The molecule has 1 aliphatic rings.